The lowest BCUT2D eigenvalue weighted by Gasteiger charge is -2.28. The second-order valence-electron chi connectivity index (χ2n) is 10.4. The Bertz CT molecular complexity index is 1350. The fraction of sp³-hybridized carbons (Fsp3) is 0.364. The lowest BCUT2D eigenvalue weighted by atomic mass is 9.91. The van der Waals surface area contributed by atoms with E-state index in [-0.39, 0.29) is 17.7 Å². The number of benzene rings is 3. The van der Waals surface area contributed by atoms with Gasteiger partial charge in [0, 0.05) is 50.9 Å². The summed E-state index contributed by atoms with van der Waals surface area (Å²) in [4.78, 5) is 16.2. The molecule has 0 radical (unpaired) electrons. The van der Waals surface area contributed by atoms with E-state index in [0.29, 0.717) is 32.1 Å². The summed E-state index contributed by atoms with van der Waals surface area (Å²) in [5.74, 6) is 1.67. The van der Waals surface area contributed by atoms with Crippen LogP contribution in [0, 0.1) is 0 Å². The third kappa shape index (κ3) is 6.84. The van der Waals surface area contributed by atoms with Gasteiger partial charge in [0.25, 0.3) is 5.91 Å². The van der Waals surface area contributed by atoms with E-state index in [1.54, 1.807) is 26.4 Å². The zero-order chi connectivity index (χ0) is 27.9. The summed E-state index contributed by atoms with van der Waals surface area (Å²) < 4.78 is 16.6. The van der Waals surface area contributed by atoms with Gasteiger partial charge in [-0.15, -0.1) is 0 Å². The van der Waals surface area contributed by atoms with Crippen molar-refractivity contribution in [3.63, 3.8) is 0 Å². The van der Waals surface area contributed by atoms with E-state index in [1.807, 2.05) is 53.4 Å². The second-order valence-corrected chi connectivity index (χ2v) is 10.4. The molecule has 1 fully saturated rings. The van der Waals surface area contributed by atoms with E-state index in [4.69, 9.17) is 14.2 Å². The Labute approximate surface area is 236 Å². The Kier molecular flexibility index (Phi) is 9.04. The molecule has 0 aromatic heterocycles. The molecule has 5 rings (SSSR count). The number of carbonyl (C=O) groups excluding carboxylic acids is 1. The molecule has 7 heteroatoms. The van der Waals surface area contributed by atoms with Gasteiger partial charge in [-0.2, -0.15) is 0 Å². The van der Waals surface area contributed by atoms with Crippen LogP contribution in [0.15, 0.2) is 72.3 Å². The van der Waals surface area contributed by atoms with Crippen molar-refractivity contribution in [1.82, 2.24) is 10.2 Å². The summed E-state index contributed by atoms with van der Waals surface area (Å²) in [5.41, 5.74) is 5.59. The van der Waals surface area contributed by atoms with Crippen molar-refractivity contribution in [2.75, 3.05) is 40.5 Å². The molecule has 1 amide bonds. The maximum atomic E-state index is 14.2. The normalized spacial score (nSPS) is 15.2. The van der Waals surface area contributed by atoms with Gasteiger partial charge in [-0.05, 0) is 84.0 Å². The van der Waals surface area contributed by atoms with Gasteiger partial charge in [-0.25, -0.2) is 0 Å². The molecule has 40 heavy (non-hydrogen) atoms. The largest absolute Gasteiger partial charge is 0.508 e. The minimum atomic E-state index is 0.0414. The minimum Gasteiger partial charge on any atom is -0.508 e. The molecule has 3 aromatic carbocycles. The Balaban J connectivity index is 1.44. The maximum absolute atomic E-state index is 14.2. The molecular formula is C33H38N2O5. The first-order valence-corrected chi connectivity index (χ1v) is 14.0. The third-order valence-electron chi connectivity index (χ3n) is 7.39. The van der Waals surface area contributed by atoms with Crippen molar-refractivity contribution in [2.24, 2.45) is 0 Å². The zero-order valence-electron chi connectivity index (χ0n) is 23.3. The highest BCUT2D eigenvalue weighted by Gasteiger charge is 2.35. The van der Waals surface area contributed by atoms with E-state index in [2.05, 4.69) is 11.4 Å². The first-order valence-electron chi connectivity index (χ1n) is 14.0. The highest BCUT2D eigenvalue weighted by Crippen LogP contribution is 2.36. The highest BCUT2D eigenvalue weighted by atomic mass is 16.5. The summed E-state index contributed by atoms with van der Waals surface area (Å²) in [5, 5.41) is 14.0. The molecular weight excluding hydrogens is 504 g/mol. The van der Waals surface area contributed by atoms with Crippen LogP contribution in [-0.2, 0) is 16.1 Å². The van der Waals surface area contributed by atoms with E-state index >= 15 is 0 Å². The van der Waals surface area contributed by atoms with Crippen LogP contribution in [0.3, 0.4) is 0 Å². The molecule has 7 nitrogen and oxygen atoms in total. The number of methoxy groups -OCH3 is 2. The third-order valence-corrected chi connectivity index (χ3v) is 7.39. The van der Waals surface area contributed by atoms with Crippen molar-refractivity contribution in [3.8, 4) is 28.4 Å². The topological polar surface area (TPSA) is 80.3 Å². The van der Waals surface area contributed by atoms with Crippen LogP contribution >= 0.6 is 0 Å². The average Bonchev–Trinajstić information content (AvgIpc) is 3.83. The van der Waals surface area contributed by atoms with Gasteiger partial charge >= 0.3 is 0 Å². The molecule has 1 aliphatic heterocycles. The number of aromatic hydroxyl groups is 1. The van der Waals surface area contributed by atoms with E-state index in [0.717, 1.165) is 71.4 Å². The van der Waals surface area contributed by atoms with Crippen LogP contribution in [-0.4, -0.2) is 62.5 Å². The van der Waals surface area contributed by atoms with Gasteiger partial charge in [0.15, 0.2) is 0 Å². The van der Waals surface area contributed by atoms with Gasteiger partial charge in [0.1, 0.15) is 17.2 Å². The number of phenolic OH excluding ortho intramolecular Hbond substituents is 1. The summed E-state index contributed by atoms with van der Waals surface area (Å²) >= 11 is 0. The quantitative estimate of drug-likeness (QED) is 0.298. The summed E-state index contributed by atoms with van der Waals surface area (Å²) in [6.45, 7) is 2.94. The number of nitrogens with zero attached hydrogens (tertiary/aromatic N) is 1. The number of amides is 1. The first-order chi connectivity index (χ1) is 19.6. The summed E-state index contributed by atoms with van der Waals surface area (Å²) in [7, 11) is 3.32. The summed E-state index contributed by atoms with van der Waals surface area (Å²) in [6.07, 6.45) is 3.50. The van der Waals surface area contributed by atoms with Gasteiger partial charge in [-0.3, -0.25) is 4.79 Å². The Morgan fingerprint density at radius 1 is 0.950 bits per heavy atom. The van der Waals surface area contributed by atoms with Crippen molar-refractivity contribution in [1.29, 1.82) is 0 Å². The standard InChI is InChI=1S/C33H38N2O5/c1-38-13-6-14-40-30-16-23(15-29(20-30)39-2)22-35(27-9-10-27)33(37)32-21-34-12-11-31(32)26-17-25(18-28(36)19-26)24-7-4-3-5-8-24/h3-5,7-8,15-20,27,34,36H,6,9-14,21-22H2,1-2H3. The average molecular weight is 543 g/mol. The Morgan fingerprint density at radius 3 is 2.48 bits per heavy atom. The van der Waals surface area contributed by atoms with Crippen molar-refractivity contribution >= 4 is 11.5 Å². The smallest absolute Gasteiger partial charge is 0.251 e. The number of phenols is 1. The molecule has 1 saturated carbocycles. The molecule has 0 saturated heterocycles. The van der Waals surface area contributed by atoms with Crippen LogP contribution in [0.25, 0.3) is 16.7 Å². The van der Waals surface area contributed by atoms with E-state index in [1.165, 1.54) is 0 Å². The van der Waals surface area contributed by atoms with Crippen LogP contribution in [0.2, 0.25) is 0 Å². The molecule has 3 aromatic rings. The summed E-state index contributed by atoms with van der Waals surface area (Å²) in [6, 6.07) is 21.7. The Hall–Kier alpha value is -3.81. The van der Waals surface area contributed by atoms with Crippen molar-refractivity contribution in [2.45, 2.75) is 38.3 Å². The molecule has 1 heterocycles. The maximum Gasteiger partial charge on any atom is 0.251 e. The fourth-order valence-corrected chi connectivity index (χ4v) is 5.23. The van der Waals surface area contributed by atoms with E-state index < -0.39 is 0 Å². The predicted molar refractivity (Wildman–Crippen MR) is 157 cm³/mol. The molecule has 0 unspecified atom stereocenters. The first kappa shape index (κ1) is 27.7. The minimum absolute atomic E-state index is 0.0414. The lowest BCUT2D eigenvalue weighted by Crippen LogP contribution is -2.39. The van der Waals surface area contributed by atoms with Crippen LogP contribution in [0.1, 0.15) is 36.8 Å². The molecule has 1 aliphatic carbocycles. The van der Waals surface area contributed by atoms with Gasteiger partial charge in [0.2, 0.25) is 0 Å². The van der Waals surface area contributed by atoms with Crippen LogP contribution in [0.4, 0.5) is 0 Å². The van der Waals surface area contributed by atoms with Crippen molar-refractivity contribution in [3.05, 3.63) is 83.4 Å². The number of ether oxygens (including phenoxy) is 3. The number of hydrogen-bond donors (Lipinski definition) is 2. The van der Waals surface area contributed by atoms with Gasteiger partial charge < -0.3 is 29.5 Å². The molecule has 0 bridgehead atoms. The molecule has 2 N–H and O–H groups in total. The fourth-order valence-electron chi connectivity index (χ4n) is 5.23. The van der Waals surface area contributed by atoms with E-state index in [9.17, 15) is 9.90 Å². The van der Waals surface area contributed by atoms with Crippen molar-refractivity contribution < 1.29 is 24.1 Å². The number of hydrogen-bond acceptors (Lipinski definition) is 6. The monoisotopic (exact) mass is 542 g/mol. The lowest BCUT2D eigenvalue weighted by molar-refractivity contribution is -0.128. The number of nitrogens with one attached hydrogen (secondary N) is 1. The molecule has 0 atom stereocenters. The van der Waals surface area contributed by atoms with Gasteiger partial charge in [0.05, 0.1) is 13.7 Å². The zero-order valence-corrected chi connectivity index (χ0v) is 23.3. The highest BCUT2D eigenvalue weighted by molar-refractivity contribution is 6.02. The number of carbonyl (C=O) groups is 1. The molecule has 0 spiro atoms. The number of rotatable bonds is 12. The van der Waals surface area contributed by atoms with Crippen LogP contribution < -0.4 is 14.8 Å². The second kappa shape index (κ2) is 13.0. The predicted octanol–water partition coefficient (Wildman–Crippen LogP) is 5.42. The molecule has 2 aliphatic rings. The molecule has 210 valence electrons. The van der Waals surface area contributed by atoms with Gasteiger partial charge in [-0.1, -0.05) is 30.3 Å². The van der Waals surface area contributed by atoms with Crippen LogP contribution in [0.5, 0.6) is 17.2 Å². The Morgan fingerprint density at radius 2 is 1.73 bits per heavy atom. The SMILES string of the molecule is COCCCOc1cc(CN(C(=O)C2=C(c3cc(O)cc(-c4ccccc4)c3)CCNC2)C2CC2)cc(OC)c1.